The average Bonchev–Trinajstić information content (AvgIpc) is 2.52. The van der Waals surface area contributed by atoms with E-state index in [1.165, 1.54) is 51.4 Å². The van der Waals surface area contributed by atoms with Gasteiger partial charge < -0.3 is 10.6 Å². The molecule has 0 spiro atoms. The molecule has 0 bridgehead atoms. The van der Waals surface area contributed by atoms with Crippen LogP contribution in [0, 0.1) is 0 Å². The summed E-state index contributed by atoms with van der Waals surface area (Å²) in [5.74, 6) is -0.00540. The summed E-state index contributed by atoms with van der Waals surface area (Å²) in [6.45, 7) is 1.82. The molecule has 128 valence electrons. The molecule has 0 radical (unpaired) electrons. The Bertz CT molecular complexity index is 304. The van der Waals surface area contributed by atoms with Crippen LogP contribution >= 0.6 is 0 Å². The van der Waals surface area contributed by atoms with Gasteiger partial charge in [-0.15, -0.1) is 0 Å². The van der Waals surface area contributed by atoms with E-state index in [0.717, 1.165) is 38.8 Å². The van der Waals surface area contributed by atoms with Gasteiger partial charge >= 0.3 is 0 Å². The number of rotatable bonds is 5. The first-order valence-electron chi connectivity index (χ1n) is 9.26. The Kier molecular flexibility index (Phi) is 10.8. The van der Waals surface area contributed by atoms with Gasteiger partial charge in [0.15, 0.2) is 0 Å². The summed E-state index contributed by atoms with van der Waals surface area (Å²) in [5, 5.41) is 0. The lowest BCUT2D eigenvalue weighted by Crippen LogP contribution is -2.32. The number of nitrogens with zero attached hydrogens (tertiary/aromatic N) is 1. The minimum Gasteiger partial charge on any atom is -0.370 e. The van der Waals surface area contributed by atoms with Gasteiger partial charge in [0.1, 0.15) is 0 Å². The molecule has 0 aromatic heterocycles. The Labute approximate surface area is 135 Å². The fraction of sp³-hybridized carbons (Fsp3) is 0.889. The second-order valence-corrected chi connectivity index (χ2v) is 6.59. The highest BCUT2D eigenvalue weighted by atomic mass is 16.2. The molecule has 1 aliphatic rings. The van der Waals surface area contributed by atoms with Gasteiger partial charge in [0.05, 0.1) is 0 Å². The molecule has 0 atom stereocenters. The van der Waals surface area contributed by atoms with Gasteiger partial charge in [-0.3, -0.25) is 9.59 Å². The lowest BCUT2D eigenvalue weighted by molar-refractivity contribution is -0.131. The second-order valence-electron chi connectivity index (χ2n) is 6.59. The molecule has 1 fully saturated rings. The lowest BCUT2D eigenvalue weighted by Gasteiger charge is -2.23. The number of carbonyl (C=O) groups excluding carboxylic acids is 2. The van der Waals surface area contributed by atoms with E-state index < -0.39 is 0 Å². The number of nitrogens with two attached hydrogens (primary N) is 1. The van der Waals surface area contributed by atoms with Crippen molar-refractivity contribution in [3.05, 3.63) is 0 Å². The highest BCUT2D eigenvalue weighted by Gasteiger charge is 2.13. The molecule has 1 heterocycles. The summed E-state index contributed by atoms with van der Waals surface area (Å²) in [7, 11) is 0. The van der Waals surface area contributed by atoms with Gasteiger partial charge in [-0.25, -0.2) is 0 Å². The van der Waals surface area contributed by atoms with E-state index >= 15 is 0 Å². The van der Waals surface area contributed by atoms with Gasteiger partial charge in [-0.1, -0.05) is 51.4 Å². The van der Waals surface area contributed by atoms with Gasteiger partial charge in [-0.2, -0.15) is 0 Å². The largest absolute Gasteiger partial charge is 0.370 e. The molecule has 0 saturated carbocycles. The lowest BCUT2D eigenvalue weighted by atomic mass is 10.1. The van der Waals surface area contributed by atoms with Crippen LogP contribution < -0.4 is 5.73 Å². The molecule has 4 nitrogen and oxygen atoms in total. The third kappa shape index (κ3) is 9.80. The maximum absolute atomic E-state index is 12.3. The molecule has 0 aliphatic carbocycles. The van der Waals surface area contributed by atoms with Gasteiger partial charge in [0.25, 0.3) is 0 Å². The predicted molar refractivity (Wildman–Crippen MR) is 90.4 cm³/mol. The van der Waals surface area contributed by atoms with Crippen molar-refractivity contribution in [2.24, 2.45) is 5.73 Å². The van der Waals surface area contributed by atoms with E-state index in [-0.39, 0.29) is 11.8 Å². The molecule has 0 aromatic carbocycles. The zero-order valence-corrected chi connectivity index (χ0v) is 14.2. The van der Waals surface area contributed by atoms with Crippen LogP contribution in [-0.4, -0.2) is 29.8 Å². The number of primary amides is 1. The molecule has 2 N–H and O–H groups in total. The van der Waals surface area contributed by atoms with E-state index in [0.29, 0.717) is 12.8 Å². The van der Waals surface area contributed by atoms with Crippen LogP contribution in [0.25, 0.3) is 0 Å². The van der Waals surface area contributed by atoms with Crippen LogP contribution in [0.1, 0.15) is 89.9 Å². The quantitative estimate of drug-likeness (QED) is 0.785. The number of hydrogen-bond donors (Lipinski definition) is 1. The van der Waals surface area contributed by atoms with E-state index in [9.17, 15) is 9.59 Å². The third-order valence-electron chi connectivity index (χ3n) is 4.52. The van der Waals surface area contributed by atoms with Crippen molar-refractivity contribution in [2.45, 2.75) is 89.9 Å². The monoisotopic (exact) mass is 310 g/mol. The zero-order valence-electron chi connectivity index (χ0n) is 14.2. The summed E-state index contributed by atoms with van der Waals surface area (Å²) in [5.41, 5.74) is 5.13. The summed E-state index contributed by atoms with van der Waals surface area (Å²) in [6.07, 6.45) is 15.3. The van der Waals surface area contributed by atoms with Crippen LogP contribution in [0.5, 0.6) is 0 Å². The van der Waals surface area contributed by atoms with Gasteiger partial charge in [-0.05, 0) is 25.7 Å². The first-order chi connectivity index (χ1) is 10.7. The van der Waals surface area contributed by atoms with E-state index in [1.54, 1.807) is 0 Å². The molecule has 1 rings (SSSR count). The Morgan fingerprint density at radius 3 is 1.55 bits per heavy atom. The highest BCUT2D eigenvalue weighted by molar-refractivity contribution is 5.76. The number of hydrogen-bond acceptors (Lipinski definition) is 2. The Balaban J connectivity index is 2.30. The van der Waals surface area contributed by atoms with Crippen molar-refractivity contribution in [1.82, 2.24) is 4.90 Å². The molecule has 0 unspecified atom stereocenters. The van der Waals surface area contributed by atoms with E-state index in [2.05, 4.69) is 4.90 Å². The van der Waals surface area contributed by atoms with Gasteiger partial charge in [0, 0.05) is 25.9 Å². The minimum absolute atomic E-state index is 0.263. The van der Waals surface area contributed by atoms with Crippen molar-refractivity contribution < 1.29 is 9.59 Å². The standard InChI is InChI=1S/C18H34N2O2/c19-17(21)13-9-10-14-18(22)20-15-11-7-5-3-1-2-4-6-8-12-16-20/h1-16H2,(H2,19,21). The average molecular weight is 310 g/mol. The summed E-state index contributed by atoms with van der Waals surface area (Å²) in [4.78, 5) is 25.1. The first kappa shape index (κ1) is 19.0. The smallest absolute Gasteiger partial charge is 0.222 e. The van der Waals surface area contributed by atoms with Crippen LogP contribution in [0.4, 0.5) is 0 Å². The van der Waals surface area contributed by atoms with Crippen LogP contribution in [0.2, 0.25) is 0 Å². The molecule has 1 aliphatic heterocycles. The van der Waals surface area contributed by atoms with Gasteiger partial charge in [0.2, 0.25) is 11.8 Å². The summed E-state index contributed by atoms with van der Waals surface area (Å²) in [6, 6.07) is 0. The van der Waals surface area contributed by atoms with Crippen molar-refractivity contribution in [3.8, 4) is 0 Å². The molecule has 22 heavy (non-hydrogen) atoms. The first-order valence-corrected chi connectivity index (χ1v) is 9.26. The van der Waals surface area contributed by atoms with Crippen molar-refractivity contribution in [3.63, 3.8) is 0 Å². The molecule has 2 amide bonds. The molecule has 4 heteroatoms. The van der Waals surface area contributed by atoms with Crippen LogP contribution in [0.15, 0.2) is 0 Å². The van der Waals surface area contributed by atoms with Crippen molar-refractivity contribution in [2.75, 3.05) is 13.1 Å². The minimum atomic E-state index is -0.269. The van der Waals surface area contributed by atoms with E-state index in [1.807, 2.05) is 0 Å². The Morgan fingerprint density at radius 2 is 1.09 bits per heavy atom. The van der Waals surface area contributed by atoms with Crippen LogP contribution in [0.3, 0.4) is 0 Å². The Hall–Kier alpha value is -1.06. The predicted octanol–water partition coefficient (Wildman–Crippen LogP) is 3.78. The summed E-state index contributed by atoms with van der Waals surface area (Å²) < 4.78 is 0. The number of carbonyl (C=O) groups is 2. The Morgan fingerprint density at radius 1 is 0.682 bits per heavy atom. The second kappa shape index (κ2) is 12.5. The summed E-state index contributed by atoms with van der Waals surface area (Å²) >= 11 is 0. The fourth-order valence-corrected chi connectivity index (χ4v) is 3.11. The fourth-order valence-electron chi connectivity index (χ4n) is 3.11. The molecular formula is C18H34N2O2. The normalized spacial score (nSPS) is 18.8. The molecular weight excluding hydrogens is 276 g/mol. The van der Waals surface area contributed by atoms with Crippen LogP contribution in [-0.2, 0) is 9.59 Å². The zero-order chi connectivity index (χ0) is 16.0. The van der Waals surface area contributed by atoms with Crippen molar-refractivity contribution in [1.29, 1.82) is 0 Å². The van der Waals surface area contributed by atoms with Crippen molar-refractivity contribution >= 4 is 11.8 Å². The maximum Gasteiger partial charge on any atom is 0.222 e. The topological polar surface area (TPSA) is 63.4 Å². The maximum atomic E-state index is 12.3. The number of unbranched alkanes of at least 4 members (excludes halogenated alkanes) is 1. The highest BCUT2D eigenvalue weighted by Crippen LogP contribution is 2.14. The third-order valence-corrected chi connectivity index (χ3v) is 4.52. The van der Waals surface area contributed by atoms with E-state index in [4.69, 9.17) is 5.73 Å². The SMILES string of the molecule is NC(=O)CCCCC(=O)N1CCCCCCCCCCCC1. The number of amides is 2. The molecule has 1 saturated heterocycles. The molecule has 0 aromatic rings.